The molecule has 0 atom stereocenters. The fourth-order valence-corrected chi connectivity index (χ4v) is 3.26. The number of halogens is 1. The first-order chi connectivity index (χ1) is 12.6. The minimum absolute atomic E-state index is 0.0690. The average Bonchev–Trinajstić information content (AvgIpc) is 2.90. The number of amides is 2. The first-order valence-electron chi connectivity index (χ1n) is 8.92. The van der Waals surface area contributed by atoms with Crippen molar-refractivity contribution in [2.24, 2.45) is 0 Å². The molecule has 1 aliphatic rings. The molecule has 1 aliphatic heterocycles. The molecule has 0 saturated carbocycles. The van der Waals surface area contributed by atoms with E-state index in [0.29, 0.717) is 39.0 Å². The van der Waals surface area contributed by atoms with Crippen LogP contribution in [0.1, 0.15) is 27.9 Å². The van der Waals surface area contributed by atoms with Gasteiger partial charge < -0.3 is 9.80 Å². The Hall–Kier alpha value is -2.69. The van der Waals surface area contributed by atoms with Gasteiger partial charge in [-0.3, -0.25) is 9.59 Å². The number of hydrogen-bond acceptors (Lipinski definition) is 2. The number of benzene rings is 2. The standard InChI is InChI=1S/C21H23FN2O2/c1-16-7-2-3-8-17(16)15-20(25)23-11-6-12-24(14-13-23)21(26)18-9-4-5-10-19(18)22/h2-5,7-10H,6,11-15H2,1H3. The molecule has 136 valence electrons. The molecular weight excluding hydrogens is 331 g/mol. The molecule has 3 rings (SSSR count). The van der Waals surface area contributed by atoms with Gasteiger partial charge in [0.25, 0.3) is 5.91 Å². The number of carbonyl (C=O) groups excluding carboxylic acids is 2. The summed E-state index contributed by atoms with van der Waals surface area (Å²) in [5.74, 6) is -0.745. The minimum atomic E-state index is -0.505. The lowest BCUT2D eigenvalue weighted by atomic mass is 10.1. The third-order valence-corrected chi connectivity index (χ3v) is 4.84. The van der Waals surface area contributed by atoms with Crippen molar-refractivity contribution >= 4 is 11.8 Å². The second-order valence-corrected chi connectivity index (χ2v) is 6.61. The molecule has 0 unspecified atom stereocenters. The van der Waals surface area contributed by atoms with E-state index in [1.54, 1.807) is 21.9 Å². The van der Waals surface area contributed by atoms with Crippen molar-refractivity contribution < 1.29 is 14.0 Å². The van der Waals surface area contributed by atoms with Crippen LogP contribution < -0.4 is 0 Å². The molecule has 1 heterocycles. The molecule has 5 heteroatoms. The van der Waals surface area contributed by atoms with E-state index < -0.39 is 5.82 Å². The van der Waals surface area contributed by atoms with Gasteiger partial charge in [0.15, 0.2) is 0 Å². The Kier molecular flexibility index (Phi) is 5.66. The fraction of sp³-hybridized carbons (Fsp3) is 0.333. The summed E-state index contributed by atoms with van der Waals surface area (Å²) in [6.45, 7) is 4.05. The molecule has 0 N–H and O–H groups in total. The Morgan fingerprint density at radius 2 is 1.58 bits per heavy atom. The van der Waals surface area contributed by atoms with E-state index in [9.17, 15) is 14.0 Å². The van der Waals surface area contributed by atoms with Crippen LogP contribution in [0.5, 0.6) is 0 Å². The molecule has 0 aliphatic carbocycles. The summed E-state index contributed by atoms with van der Waals surface area (Å²) in [5, 5.41) is 0. The van der Waals surface area contributed by atoms with E-state index in [0.717, 1.165) is 11.1 Å². The predicted molar refractivity (Wildman–Crippen MR) is 98.4 cm³/mol. The van der Waals surface area contributed by atoms with E-state index in [1.165, 1.54) is 12.1 Å². The Labute approximate surface area is 153 Å². The molecule has 0 radical (unpaired) electrons. The number of aryl methyl sites for hydroxylation is 1. The largest absolute Gasteiger partial charge is 0.341 e. The number of nitrogens with zero attached hydrogens (tertiary/aromatic N) is 2. The molecular formula is C21H23FN2O2. The third kappa shape index (κ3) is 4.10. The SMILES string of the molecule is Cc1ccccc1CC(=O)N1CCCN(C(=O)c2ccccc2F)CC1. The molecule has 0 spiro atoms. The molecule has 1 fully saturated rings. The topological polar surface area (TPSA) is 40.6 Å². The summed E-state index contributed by atoms with van der Waals surface area (Å²) in [5.41, 5.74) is 2.22. The zero-order chi connectivity index (χ0) is 18.5. The Balaban J connectivity index is 1.63. The van der Waals surface area contributed by atoms with Gasteiger partial charge in [0.05, 0.1) is 12.0 Å². The summed E-state index contributed by atoms with van der Waals surface area (Å²) in [6, 6.07) is 13.9. The van der Waals surface area contributed by atoms with Gasteiger partial charge in [0, 0.05) is 26.2 Å². The van der Waals surface area contributed by atoms with Crippen molar-refractivity contribution in [1.29, 1.82) is 0 Å². The van der Waals surface area contributed by atoms with Gasteiger partial charge in [0.2, 0.25) is 5.91 Å². The smallest absolute Gasteiger partial charge is 0.256 e. The van der Waals surface area contributed by atoms with Crippen LogP contribution in [0.4, 0.5) is 4.39 Å². The monoisotopic (exact) mass is 354 g/mol. The molecule has 2 aromatic rings. The summed E-state index contributed by atoms with van der Waals surface area (Å²) in [7, 11) is 0. The maximum absolute atomic E-state index is 13.9. The summed E-state index contributed by atoms with van der Waals surface area (Å²) in [6.07, 6.45) is 1.06. The van der Waals surface area contributed by atoms with E-state index in [1.807, 2.05) is 31.2 Å². The van der Waals surface area contributed by atoms with Crippen LogP contribution in [0, 0.1) is 12.7 Å². The quantitative estimate of drug-likeness (QED) is 0.850. The van der Waals surface area contributed by atoms with Gasteiger partial charge in [-0.1, -0.05) is 36.4 Å². The molecule has 2 amide bonds. The molecule has 4 nitrogen and oxygen atoms in total. The first-order valence-corrected chi connectivity index (χ1v) is 8.92. The fourth-order valence-electron chi connectivity index (χ4n) is 3.26. The van der Waals surface area contributed by atoms with Crippen LogP contribution in [0.2, 0.25) is 0 Å². The molecule has 0 aromatic heterocycles. The number of hydrogen-bond donors (Lipinski definition) is 0. The summed E-state index contributed by atoms with van der Waals surface area (Å²) in [4.78, 5) is 28.6. The van der Waals surface area contributed by atoms with Crippen LogP contribution >= 0.6 is 0 Å². The van der Waals surface area contributed by atoms with Crippen molar-refractivity contribution in [3.05, 3.63) is 71.0 Å². The van der Waals surface area contributed by atoms with Gasteiger partial charge >= 0.3 is 0 Å². The van der Waals surface area contributed by atoms with Gasteiger partial charge in [-0.2, -0.15) is 0 Å². The molecule has 26 heavy (non-hydrogen) atoms. The van der Waals surface area contributed by atoms with Gasteiger partial charge in [0.1, 0.15) is 5.82 Å². The van der Waals surface area contributed by atoms with Gasteiger partial charge in [-0.15, -0.1) is 0 Å². The highest BCUT2D eigenvalue weighted by molar-refractivity contribution is 5.94. The Morgan fingerprint density at radius 1 is 0.923 bits per heavy atom. The van der Waals surface area contributed by atoms with Crippen molar-refractivity contribution in [3.63, 3.8) is 0 Å². The zero-order valence-corrected chi connectivity index (χ0v) is 15.0. The minimum Gasteiger partial charge on any atom is -0.341 e. The van der Waals surface area contributed by atoms with E-state index in [4.69, 9.17) is 0 Å². The van der Waals surface area contributed by atoms with Crippen molar-refractivity contribution in [2.75, 3.05) is 26.2 Å². The average molecular weight is 354 g/mol. The lowest BCUT2D eigenvalue weighted by Crippen LogP contribution is -2.38. The van der Waals surface area contributed by atoms with Crippen molar-refractivity contribution in [3.8, 4) is 0 Å². The highest BCUT2D eigenvalue weighted by Crippen LogP contribution is 2.14. The maximum Gasteiger partial charge on any atom is 0.256 e. The lowest BCUT2D eigenvalue weighted by molar-refractivity contribution is -0.130. The molecule has 0 bridgehead atoms. The zero-order valence-electron chi connectivity index (χ0n) is 15.0. The van der Waals surface area contributed by atoms with Crippen LogP contribution in [-0.4, -0.2) is 47.8 Å². The van der Waals surface area contributed by atoms with Gasteiger partial charge in [-0.25, -0.2) is 4.39 Å². The summed E-state index contributed by atoms with van der Waals surface area (Å²) >= 11 is 0. The molecule has 2 aromatic carbocycles. The van der Waals surface area contributed by atoms with Crippen LogP contribution in [0.25, 0.3) is 0 Å². The Bertz CT molecular complexity index is 806. The maximum atomic E-state index is 13.9. The second kappa shape index (κ2) is 8.13. The van der Waals surface area contributed by atoms with Crippen LogP contribution in [0.15, 0.2) is 48.5 Å². The summed E-state index contributed by atoms with van der Waals surface area (Å²) < 4.78 is 13.9. The highest BCUT2D eigenvalue weighted by Gasteiger charge is 2.24. The Morgan fingerprint density at radius 3 is 2.35 bits per heavy atom. The van der Waals surface area contributed by atoms with Gasteiger partial charge in [-0.05, 0) is 36.6 Å². The van der Waals surface area contributed by atoms with Crippen molar-refractivity contribution in [2.45, 2.75) is 19.8 Å². The number of rotatable bonds is 3. The lowest BCUT2D eigenvalue weighted by Gasteiger charge is -2.22. The third-order valence-electron chi connectivity index (χ3n) is 4.84. The van der Waals surface area contributed by atoms with Crippen LogP contribution in [-0.2, 0) is 11.2 Å². The normalized spacial score (nSPS) is 14.8. The second-order valence-electron chi connectivity index (χ2n) is 6.61. The van der Waals surface area contributed by atoms with E-state index >= 15 is 0 Å². The number of carbonyl (C=O) groups is 2. The predicted octanol–water partition coefficient (Wildman–Crippen LogP) is 3.05. The van der Waals surface area contributed by atoms with E-state index in [-0.39, 0.29) is 17.4 Å². The first kappa shape index (κ1) is 18.1. The molecule has 1 saturated heterocycles. The van der Waals surface area contributed by atoms with E-state index in [2.05, 4.69) is 0 Å². The highest BCUT2D eigenvalue weighted by atomic mass is 19.1. The van der Waals surface area contributed by atoms with Crippen molar-refractivity contribution in [1.82, 2.24) is 9.80 Å². The van der Waals surface area contributed by atoms with Crippen LogP contribution in [0.3, 0.4) is 0 Å².